The predicted molar refractivity (Wildman–Crippen MR) is 152 cm³/mol. The molecule has 0 radical (unpaired) electrons. The number of aromatic nitrogens is 3. The Labute approximate surface area is 220 Å². The third-order valence-corrected chi connectivity index (χ3v) is 9.08. The molecule has 6 rings (SSSR count). The van der Waals surface area contributed by atoms with Gasteiger partial charge < -0.3 is 10.2 Å². The molecule has 3 heterocycles. The van der Waals surface area contributed by atoms with Gasteiger partial charge in [0.15, 0.2) is 0 Å². The number of nitrogens with zero attached hydrogens (tertiary/aromatic N) is 4. The number of anilines is 3. The van der Waals surface area contributed by atoms with E-state index in [0.717, 1.165) is 29.8 Å². The van der Waals surface area contributed by atoms with Crippen LogP contribution in [-0.2, 0) is 0 Å². The van der Waals surface area contributed by atoms with Crippen molar-refractivity contribution in [3.8, 4) is 0 Å². The van der Waals surface area contributed by atoms with Gasteiger partial charge >= 0.3 is 0 Å². The molecule has 2 aliphatic carbocycles. The van der Waals surface area contributed by atoms with Crippen LogP contribution in [0, 0.1) is 11.8 Å². The van der Waals surface area contributed by atoms with Crippen LogP contribution in [-0.4, -0.2) is 27.6 Å². The molecule has 0 spiro atoms. The minimum atomic E-state index is 0.0872. The molecule has 1 saturated heterocycles. The van der Waals surface area contributed by atoms with Crippen molar-refractivity contribution in [3.05, 3.63) is 52.9 Å². The molecule has 0 amide bonds. The summed E-state index contributed by atoms with van der Waals surface area (Å²) in [5.74, 6) is 1.69. The molecule has 3 aliphatic rings. The lowest BCUT2D eigenvalue weighted by atomic mass is 9.73. The van der Waals surface area contributed by atoms with E-state index in [0.29, 0.717) is 17.8 Å². The Kier molecular flexibility index (Phi) is 7.43. The molecule has 0 atom stereocenters. The summed E-state index contributed by atoms with van der Waals surface area (Å²) in [6.07, 6.45) is 18.4. The van der Waals surface area contributed by atoms with Crippen LogP contribution in [0.15, 0.2) is 47.4 Å². The van der Waals surface area contributed by atoms with Crippen molar-refractivity contribution in [2.24, 2.45) is 11.8 Å². The summed E-state index contributed by atoms with van der Waals surface area (Å²) >= 11 is 0. The standard InChI is InChI=1S/C31H41N5O/c37-28-19-14-25-22-32-31(33-26-15-17-27(18-16-26)35-20-8-3-9-21-35)34-30(25)36(28)29(23-10-4-1-5-11-23)24-12-6-2-7-13-24/h14-19,22-24,29H,1-13,20-21H2,(H,32,33,34). The number of nitrogens with one attached hydrogen (secondary N) is 1. The Hall–Kier alpha value is -2.89. The molecule has 0 bridgehead atoms. The molecule has 1 N–H and O–H groups in total. The van der Waals surface area contributed by atoms with Gasteiger partial charge in [-0.2, -0.15) is 4.98 Å². The fourth-order valence-corrected chi connectivity index (χ4v) is 7.18. The zero-order valence-corrected chi connectivity index (χ0v) is 22.1. The van der Waals surface area contributed by atoms with Crippen molar-refractivity contribution in [1.82, 2.24) is 14.5 Å². The van der Waals surface area contributed by atoms with Gasteiger partial charge in [0.05, 0.1) is 0 Å². The monoisotopic (exact) mass is 499 g/mol. The minimum Gasteiger partial charge on any atom is -0.372 e. The van der Waals surface area contributed by atoms with Crippen LogP contribution in [0.5, 0.6) is 0 Å². The molecule has 2 saturated carbocycles. The number of rotatable bonds is 6. The highest BCUT2D eigenvalue weighted by molar-refractivity contribution is 5.76. The molecule has 37 heavy (non-hydrogen) atoms. The van der Waals surface area contributed by atoms with E-state index in [1.165, 1.54) is 89.2 Å². The summed E-state index contributed by atoms with van der Waals surface area (Å²) in [6.45, 7) is 2.28. The van der Waals surface area contributed by atoms with E-state index in [1.807, 2.05) is 12.3 Å². The highest BCUT2D eigenvalue weighted by Crippen LogP contribution is 2.43. The summed E-state index contributed by atoms with van der Waals surface area (Å²) in [7, 11) is 0. The number of benzene rings is 1. The van der Waals surface area contributed by atoms with Gasteiger partial charge in [0.25, 0.3) is 5.56 Å². The summed E-state index contributed by atoms with van der Waals surface area (Å²) in [4.78, 5) is 25.6. The van der Waals surface area contributed by atoms with Crippen molar-refractivity contribution < 1.29 is 0 Å². The molecule has 3 aromatic rings. The van der Waals surface area contributed by atoms with Gasteiger partial charge in [-0.3, -0.25) is 9.36 Å². The average molecular weight is 500 g/mol. The smallest absolute Gasteiger partial charge is 0.252 e. The molecule has 1 aliphatic heterocycles. The van der Waals surface area contributed by atoms with E-state index in [2.05, 4.69) is 44.0 Å². The minimum absolute atomic E-state index is 0.0872. The van der Waals surface area contributed by atoms with Crippen LogP contribution in [0.4, 0.5) is 17.3 Å². The fourth-order valence-electron chi connectivity index (χ4n) is 7.18. The van der Waals surface area contributed by atoms with Crippen LogP contribution in [0.2, 0.25) is 0 Å². The second-order valence-electron chi connectivity index (χ2n) is 11.5. The van der Waals surface area contributed by atoms with Gasteiger partial charge in [-0.1, -0.05) is 38.5 Å². The molecule has 3 fully saturated rings. The lowest BCUT2D eigenvalue weighted by Crippen LogP contribution is -2.36. The van der Waals surface area contributed by atoms with Crippen molar-refractivity contribution in [2.45, 2.75) is 89.5 Å². The third-order valence-electron chi connectivity index (χ3n) is 9.08. The van der Waals surface area contributed by atoms with Crippen LogP contribution < -0.4 is 15.8 Å². The first-order chi connectivity index (χ1) is 18.3. The maximum atomic E-state index is 13.5. The van der Waals surface area contributed by atoms with Crippen LogP contribution >= 0.6 is 0 Å². The van der Waals surface area contributed by atoms with Gasteiger partial charge in [-0.05, 0) is 87.1 Å². The van der Waals surface area contributed by atoms with E-state index in [-0.39, 0.29) is 11.6 Å². The second kappa shape index (κ2) is 11.2. The predicted octanol–water partition coefficient (Wildman–Crippen LogP) is 7.23. The molecule has 6 heteroatoms. The number of piperidine rings is 1. The van der Waals surface area contributed by atoms with E-state index >= 15 is 0 Å². The molecule has 2 aromatic heterocycles. The second-order valence-corrected chi connectivity index (χ2v) is 11.5. The Morgan fingerprint density at radius 1 is 0.757 bits per heavy atom. The van der Waals surface area contributed by atoms with E-state index in [4.69, 9.17) is 4.98 Å². The van der Waals surface area contributed by atoms with E-state index in [1.54, 1.807) is 6.07 Å². The number of fused-ring (bicyclic) bond motifs is 1. The maximum absolute atomic E-state index is 13.5. The first-order valence-electron chi connectivity index (χ1n) is 14.8. The van der Waals surface area contributed by atoms with Crippen molar-refractivity contribution >= 4 is 28.4 Å². The molecule has 1 aromatic carbocycles. The first-order valence-corrected chi connectivity index (χ1v) is 14.8. The van der Waals surface area contributed by atoms with Crippen LogP contribution in [0.3, 0.4) is 0 Å². The number of hydrogen-bond donors (Lipinski definition) is 1. The lowest BCUT2D eigenvalue weighted by Gasteiger charge is -2.39. The van der Waals surface area contributed by atoms with Crippen molar-refractivity contribution in [3.63, 3.8) is 0 Å². The topological polar surface area (TPSA) is 63.1 Å². The molecular weight excluding hydrogens is 458 g/mol. The zero-order valence-electron chi connectivity index (χ0n) is 22.1. The Morgan fingerprint density at radius 3 is 2.03 bits per heavy atom. The molecule has 6 nitrogen and oxygen atoms in total. The van der Waals surface area contributed by atoms with Crippen molar-refractivity contribution in [2.75, 3.05) is 23.3 Å². The zero-order chi connectivity index (χ0) is 25.0. The maximum Gasteiger partial charge on any atom is 0.252 e. The summed E-state index contributed by atoms with van der Waals surface area (Å²) in [5.41, 5.74) is 3.13. The highest BCUT2D eigenvalue weighted by atomic mass is 16.1. The third kappa shape index (κ3) is 5.39. The van der Waals surface area contributed by atoms with Crippen LogP contribution in [0.25, 0.3) is 11.0 Å². The number of hydrogen-bond acceptors (Lipinski definition) is 5. The summed E-state index contributed by atoms with van der Waals surface area (Å²) < 4.78 is 2.08. The Morgan fingerprint density at radius 2 is 1.38 bits per heavy atom. The van der Waals surface area contributed by atoms with E-state index in [9.17, 15) is 4.79 Å². The largest absolute Gasteiger partial charge is 0.372 e. The van der Waals surface area contributed by atoms with Gasteiger partial charge in [0, 0.05) is 48.2 Å². The Balaban J connectivity index is 1.32. The average Bonchev–Trinajstić information content (AvgIpc) is 2.96. The SMILES string of the molecule is O=c1ccc2cnc(Nc3ccc(N4CCCCC4)cc3)nc2n1C(C1CCCCC1)C1CCCCC1. The fraction of sp³-hybridized carbons (Fsp3) is 0.581. The summed E-state index contributed by atoms with van der Waals surface area (Å²) in [5, 5.41) is 4.36. The Bertz CT molecular complexity index is 1220. The summed E-state index contributed by atoms with van der Waals surface area (Å²) in [6, 6.07) is 12.5. The lowest BCUT2D eigenvalue weighted by molar-refractivity contribution is 0.149. The highest BCUT2D eigenvalue weighted by Gasteiger charge is 2.34. The van der Waals surface area contributed by atoms with E-state index < -0.39 is 0 Å². The van der Waals surface area contributed by atoms with Crippen molar-refractivity contribution in [1.29, 1.82) is 0 Å². The molecule has 0 unspecified atom stereocenters. The first kappa shape index (κ1) is 24.4. The van der Waals surface area contributed by atoms with Crippen LogP contribution in [0.1, 0.15) is 89.5 Å². The molecular formula is C31H41N5O. The number of pyridine rings is 1. The normalized spacial score (nSPS) is 20.0. The quantitative estimate of drug-likeness (QED) is 0.388. The molecule has 196 valence electrons. The van der Waals surface area contributed by atoms with Gasteiger partial charge in [0.1, 0.15) is 5.65 Å². The van der Waals surface area contributed by atoms with Gasteiger partial charge in [-0.25, -0.2) is 4.98 Å². The van der Waals surface area contributed by atoms with Gasteiger partial charge in [-0.15, -0.1) is 0 Å². The van der Waals surface area contributed by atoms with Gasteiger partial charge in [0.2, 0.25) is 5.95 Å².